The Morgan fingerprint density at radius 2 is 1.94 bits per heavy atom. The zero-order valence-electron chi connectivity index (χ0n) is 20.0. The maximum absolute atomic E-state index is 11.5. The van der Waals surface area contributed by atoms with Gasteiger partial charge >= 0.3 is 0 Å². The molecular formula is C27H24ClN5O3. The first-order valence-corrected chi connectivity index (χ1v) is 11.5. The predicted octanol–water partition coefficient (Wildman–Crippen LogP) is 4.76. The summed E-state index contributed by atoms with van der Waals surface area (Å²) >= 11 is 6.47. The molecule has 0 atom stereocenters. The Labute approximate surface area is 213 Å². The van der Waals surface area contributed by atoms with Crippen LogP contribution in [-0.2, 0) is 4.79 Å². The fraction of sp³-hybridized carbons (Fsp3) is 0.185. The number of aliphatic hydroxyl groups excluding tert-OH is 1. The van der Waals surface area contributed by atoms with Crippen LogP contribution in [0, 0.1) is 18.8 Å². The van der Waals surface area contributed by atoms with Gasteiger partial charge in [0, 0.05) is 22.3 Å². The lowest BCUT2D eigenvalue weighted by Crippen LogP contribution is -2.43. The number of aryl methyl sites for hydroxylation is 1. The normalized spacial score (nSPS) is 10.9. The number of carbonyl (C=O) groups excluding carboxylic acids is 1. The Balaban J connectivity index is 1.57. The second-order valence-corrected chi connectivity index (χ2v) is 8.95. The van der Waals surface area contributed by atoms with Crippen LogP contribution in [0.5, 0.6) is 11.5 Å². The van der Waals surface area contributed by atoms with Crippen molar-refractivity contribution in [1.82, 2.24) is 20.3 Å². The van der Waals surface area contributed by atoms with Crippen LogP contribution in [0.25, 0.3) is 10.9 Å². The van der Waals surface area contributed by atoms with Gasteiger partial charge in [-0.3, -0.25) is 9.78 Å². The second-order valence-electron chi connectivity index (χ2n) is 8.54. The molecule has 0 aliphatic rings. The fourth-order valence-corrected chi connectivity index (χ4v) is 3.54. The number of rotatable bonds is 6. The van der Waals surface area contributed by atoms with E-state index in [0.29, 0.717) is 22.3 Å². The Morgan fingerprint density at radius 3 is 2.67 bits per heavy atom. The van der Waals surface area contributed by atoms with Gasteiger partial charge in [-0.25, -0.2) is 9.97 Å². The van der Waals surface area contributed by atoms with E-state index in [1.807, 2.05) is 43.3 Å². The van der Waals surface area contributed by atoms with Crippen LogP contribution in [0.4, 0.5) is 11.5 Å². The standard InChI is InChI=1S/C27H24ClN5O3/c1-17-4-7-20(14-29-17)36-24-9-6-19(13-22(24)28)32-26-21-12-18(5-8-23(21)30-16-31-26)10-11-27(2,3)33-25(35)15-34/h4-9,12-14,16,34H,15H2,1-3H3,(H,33,35)(H,30,31,32). The Hall–Kier alpha value is -4.19. The van der Waals surface area contributed by atoms with E-state index in [1.54, 1.807) is 32.2 Å². The molecule has 0 fully saturated rings. The van der Waals surface area contributed by atoms with Gasteiger partial charge < -0.3 is 20.5 Å². The minimum atomic E-state index is -0.807. The Kier molecular flexibility index (Phi) is 7.34. The molecule has 2 heterocycles. The second kappa shape index (κ2) is 10.6. The van der Waals surface area contributed by atoms with Crippen LogP contribution in [-0.4, -0.2) is 38.1 Å². The molecule has 4 aromatic rings. The van der Waals surface area contributed by atoms with Crippen molar-refractivity contribution in [2.75, 3.05) is 11.9 Å². The Morgan fingerprint density at radius 1 is 1.11 bits per heavy atom. The highest BCUT2D eigenvalue weighted by molar-refractivity contribution is 6.32. The molecule has 0 aliphatic carbocycles. The SMILES string of the molecule is Cc1ccc(Oc2ccc(Nc3ncnc4ccc(C#CC(C)(C)NC(=O)CO)cc34)cc2Cl)cn1. The maximum atomic E-state index is 11.5. The molecule has 36 heavy (non-hydrogen) atoms. The predicted molar refractivity (Wildman–Crippen MR) is 140 cm³/mol. The first-order chi connectivity index (χ1) is 17.2. The van der Waals surface area contributed by atoms with E-state index in [1.165, 1.54) is 6.33 Å². The molecular weight excluding hydrogens is 478 g/mol. The highest BCUT2D eigenvalue weighted by Gasteiger charge is 2.16. The quantitative estimate of drug-likeness (QED) is 0.327. The van der Waals surface area contributed by atoms with Gasteiger partial charge in [0.2, 0.25) is 5.91 Å². The van der Waals surface area contributed by atoms with Crippen LogP contribution in [0.3, 0.4) is 0 Å². The first-order valence-electron chi connectivity index (χ1n) is 11.1. The monoisotopic (exact) mass is 501 g/mol. The fourth-order valence-electron chi connectivity index (χ4n) is 3.32. The number of aliphatic hydroxyl groups is 1. The number of hydrogen-bond acceptors (Lipinski definition) is 7. The molecule has 0 unspecified atom stereocenters. The maximum Gasteiger partial charge on any atom is 0.246 e. The van der Waals surface area contributed by atoms with E-state index in [-0.39, 0.29) is 0 Å². The van der Waals surface area contributed by atoms with Gasteiger partial charge in [-0.15, -0.1) is 0 Å². The Bertz CT molecular complexity index is 1480. The summed E-state index contributed by atoms with van der Waals surface area (Å²) in [5.74, 6) is 7.29. The van der Waals surface area contributed by atoms with Gasteiger partial charge in [0.25, 0.3) is 0 Å². The van der Waals surface area contributed by atoms with Crippen molar-refractivity contribution in [1.29, 1.82) is 0 Å². The van der Waals surface area contributed by atoms with Crippen LogP contribution in [0.2, 0.25) is 5.02 Å². The molecule has 3 N–H and O–H groups in total. The van der Waals surface area contributed by atoms with Crippen molar-refractivity contribution >= 4 is 39.9 Å². The van der Waals surface area contributed by atoms with Gasteiger partial charge in [0.15, 0.2) is 0 Å². The lowest BCUT2D eigenvalue weighted by atomic mass is 10.0. The zero-order chi connectivity index (χ0) is 25.7. The van der Waals surface area contributed by atoms with Crippen LogP contribution in [0.15, 0.2) is 61.1 Å². The van der Waals surface area contributed by atoms with Gasteiger partial charge in [-0.05, 0) is 69.3 Å². The summed E-state index contributed by atoms with van der Waals surface area (Å²) in [7, 11) is 0. The van der Waals surface area contributed by atoms with Crippen molar-refractivity contribution in [3.05, 3.63) is 77.3 Å². The number of nitrogens with one attached hydrogen (secondary N) is 2. The van der Waals surface area contributed by atoms with E-state index in [9.17, 15) is 4.79 Å². The average molecular weight is 502 g/mol. The first kappa shape index (κ1) is 24.9. The number of benzene rings is 2. The molecule has 1 amide bonds. The lowest BCUT2D eigenvalue weighted by molar-refractivity contribution is -0.124. The molecule has 182 valence electrons. The molecule has 9 heteroatoms. The third kappa shape index (κ3) is 6.27. The van der Waals surface area contributed by atoms with E-state index in [4.69, 9.17) is 21.4 Å². The smallest absolute Gasteiger partial charge is 0.246 e. The van der Waals surface area contributed by atoms with Crippen molar-refractivity contribution in [3.8, 4) is 23.3 Å². The molecule has 0 spiro atoms. The van der Waals surface area contributed by atoms with Crippen molar-refractivity contribution in [2.45, 2.75) is 26.3 Å². The van der Waals surface area contributed by atoms with Crippen molar-refractivity contribution in [3.63, 3.8) is 0 Å². The van der Waals surface area contributed by atoms with Gasteiger partial charge in [0.05, 0.1) is 22.3 Å². The minimum Gasteiger partial charge on any atom is -0.454 e. The van der Waals surface area contributed by atoms with Crippen LogP contribution >= 0.6 is 11.6 Å². The molecule has 0 saturated carbocycles. The van der Waals surface area contributed by atoms with Gasteiger partial charge in [-0.2, -0.15) is 0 Å². The van der Waals surface area contributed by atoms with E-state index in [0.717, 1.165) is 27.8 Å². The van der Waals surface area contributed by atoms with E-state index >= 15 is 0 Å². The highest BCUT2D eigenvalue weighted by Crippen LogP contribution is 2.33. The summed E-state index contributed by atoms with van der Waals surface area (Å²) in [6.45, 7) is 4.84. The van der Waals surface area contributed by atoms with Crippen molar-refractivity contribution in [2.24, 2.45) is 0 Å². The molecule has 4 rings (SSSR count). The van der Waals surface area contributed by atoms with Gasteiger partial charge in [0.1, 0.15) is 30.3 Å². The van der Waals surface area contributed by atoms with Crippen molar-refractivity contribution < 1.29 is 14.6 Å². The van der Waals surface area contributed by atoms with Crippen LogP contribution in [0.1, 0.15) is 25.1 Å². The molecule has 0 aliphatic heterocycles. The number of nitrogens with zero attached hydrogens (tertiary/aromatic N) is 3. The number of amides is 1. The molecule has 0 bridgehead atoms. The number of anilines is 2. The average Bonchev–Trinajstić information content (AvgIpc) is 2.85. The van der Waals surface area contributed by atoms with E-state index < -0.39 is 18.1 Å². The van der Waals surface area contributed by atoms with Gasteiger partial charge in [-0.1, -0.05) is 23.4 Å². The number of carbonyl (C=O) groups is 1. The van der Waals surface area contributed by atoms with E-state index in [2.05, 4.69) is 37.4 Å². The summed E-state index contributed by atoms with van der Waals surface area (Å²) in [5, 5.41) is 16.1. The summed E-state index contributed by atoms with van der Waals surface area (Å²) < 4.78 is 5.84. The number of aromatic nitrogens is 3. The summed E-state index contributed by atoms with van der Waals surface area (Å²) in [6.07, 6.45) is 3.13. The number of pyridine rings is 1. The highest BCUT2D eigenvalue weighted by atomic mass is 35.5. The largest absolute Gasteiger partial charge is 0.454 e. The topological polar surface area (TPSA) is 109 Å². The third-order valence-corrected chi connectivity index (χ3v) is 5.35. The third-order valence-electron chi connectivity index (χ3n) is 5.06. The molecule has 0 saturated heterocycles. The molecule has 8 nitrogen and oxygen atoms in total. The minimum absolute atomic E-state index is 0.428. The number of ether oxygens (including phenoxy) is 1. The zero-order valence-corrected chi connectivity index (χ0v) is 20.7. The number of fused-ring (bicyclic) bond motifs is 1. The lowest BCUT2D eigenvalue weighted by Gasteiger charge is -2.18. The number of hydrogen-bond donors (Lipinski definition) is 3. The summed E-state index contributed by atoms with van der Waals surface area (Å²) in [6, 6.07) is 14.6. The summed E-state index contributed by atoms with van der Waals surface area (Å²) in [5.41, 5.74) is 2.28. The summed E-state index contributed by atoms with van der Waals surface area (Å²) in [4.78, 5) is 24.5. The number of halogens is 1. The molecule has 0 radical (unpaired) electrons. The molecule has 2 aromatic heterocycles. The van der Waals surface area contributed by atoms with Crippen LogP contribution < -0.4 is 15.4 Å². The molecule has 2 aromatic carbocycles.